The number of nitrogens with zero attached hydrogens (tertiary/aromatic N) is 1. The minimum atomic E-state index is -0.753. The number of benzene rings is 1. The highest BCUT2D eigenvalue weighted by Crippen LogP contribution is 2.27. The first-order valence-corrected chi connectivity index (χ1v) is 8.07. The molecule has 1 aliphatic rings. The molecule has 6 heteroatoms. The van der Waals surface area contributed by atoms with Crippen molar-refractivity contribution in [2.45, 2.75) is 12.0 Å². The van der Waals surface area contributed by atoms with Crippen molar-refractivity contribution < 1.29 is 9.90 Å². The van der Waals surface area contributed by atoms with Crippen molar-refractivity contribution in [2.75, 3.05) is 18.1 Å². The topological polar surface area (TPSA) is 62.2 Å². The van der Waals surface area contributed by atoms with Crippen LogP contribution in [-0.2, 0) is 0 Å². The maximum Gasteiger partial charge on any atom is 0.280 e. The van der Waals surface area contributed by atoms with E-state index < -0.39 is 5.60 Å². The summed E-state index contributed by atoms with van der Waals surface area (Å²) in [6.45, 7) is 0.300. The van der Waals surface area contributed by atoms with Crippen molar-refractivity contribution in [3.63, 3.8) is 0 Å². The van der Waals surface area contributed by atoms with Gasteiger partial charge in [0.25, 0.3) is 5.91 Å². The van der Waals surface area contributed by atoms with Crippen molar-refractivity contribution >= 4 is 39.2 Å². The van der Waals surface area contributed by atoms with Gasteiger partial charge < -0.3 is 10.4 Å². The Labute approximate surface area is 119 Å². The van der Waals surface area contributed by atoms with Crippen molar-refractivity contribution in [3.8, 4) is 0 Å². The van der Waals surface area contributed by atoms with Crippen LogP contribution in [0, 0.1) is 0 Å². The van der Waals surface area contributed by atoms with E-state index in [-0.39, 0.29) is 5.91 Å². The molecule has 0 radical (unpaired) electrons. The second-order valence-electron chi connectivity index (χ2n) is 4.70. The van der Waals surface area contributed by atoms with Gasteiger partial charge in [0.05, 0.1) is 15.8 Å². The van der Waals surface area contributed by atoms with Gasteiger partial charge in [-0.1, -0.05) is 12.1 Å². The van der Waals surface area contributed by atoms with Crippen molar-refractivity contribution in [2.24, 2.45) is 0 Å². The molecule has 2 N–H and O–H groups in total. The van der Waals surface area contributed by atoms with Gasteiger partial charge in [0.15, 0.2) is 5.01 Å². The number of carbonyl (C=O) groups excluding carboxylic acids is 1. The Bertz CT molecular complexity index is 572. The van der Waals surface area contributed by atoms with E-state index in [0.29, 0.717) is 17.3 Å². The first-order valence-electron chi connectivity index (χ1n) is 6.10. The number of nitrogens with one attached hydrogen (secondary N) is 1. The Morgan fingerprint density at radius 1 is 1.47 bits per heavy atom. The molecule has 100 valence electrons. The molecule has 2 aromatic rings. The van der Waals surface area contributed by atoms with Gasteiger partial charge in [-0.3, -0.25) is 4.79 Å². The van der Waals surface area contributed by atoms with Gasteiger partial charge in [-0.05, 0) is 24.3 Å². The minimum Gasteiger partial charge on any atom is -0.387 e. The van der Waals surface area contributed by atoms with Crippen molar-refractivity contribution in [1.82, 2.24) is 10.3 Å². The molecule has 4 nitrogen and oxygen atoms in total. The third-order valence-electron chi connectivity index (χ3n) is 3.15. The van der Waals surface area contributed by atoms with Crippen molar-refractivity contribution in [1.29, 1.82) is 0 Å². The Morgan fingerprint density at radius 2 is 2.32 bits per heavy atom. The Hall–Kier alpha value is -1.11. The summed E-state index contributed by atoms with van der Waals surface area (Å²) in [7, 11) is 0. The van der Waals surface area contributed by atoms with Crippen LogP contribution in [0.3, 0.4) is 0 Å². The number of aliphatic hydroxyl groups is 1. The van der Waals surface area contributed by atoms with Crippen LogP contribution in [0.1, 0.15) is 16.2 Å². The van der Waals surface area contributed by atoms with Gasteiger partial charge in [0, 0.05) is 12.3 Å². The van der Waals surface area contributed by atoms with Gasteiger partial charge in [-0.25, -0.2) is 4.98 Å². The Kier molecular flexibility index (Phi) is 3.47. The lowest BCUT2D eigenvalue weighted by atomic mass is 10.0. The molecule has 3 rings (SSSR count). The summed E-state index contributed by atoms with van der Waals surface area (Å²) in [6, 6.07) is 7.68. The number of carbonyl (C=O) groups is 1. The molecule has 1 aromatic heterocycles. The predicted octanol–water partition coefficient (Wildman–Crippen LogP) is 1.89. The minimum absolute atomic E-state index is 0.202. The van der Waals surface area contributed by atoms with Gasteiger partial charge >= 0.3 is 0 Å². The van der Waals surface area contributed by atoms with E-state index in [9.17, 15) is 9.90 Å². The lowest BCUT2D eigenvalue weighted by molar-refractivity contribution is 0.0612. The summed E-state index contributed by atoms with van der Waals surface area (Å²) in [6.07, 6.45) is 0.734. The number of aromatic nitrogens is 1. The molecule has 2 heterocycles. The van der Waals surface area contributed by atoms with E-state index in [1.54, 1.807) is 11.8 Å². The van der Waals surface area contributed by atoms with Crippen LogP contribution in [0.5, 0.6) is 0 Å². The Balaban J connectivity index is 1.69. The number of para-hydroxylation sites is 1. The molecule has 1 saturated heterocycles. The number of hydrogen-bond acceptors (Lipinski definition) is 5. The zero-order valence-electron chi connectivity index (χ0n) is 10.3. The zero-order valence-corrected chi connectivity index (χ0v) is 11.9. The second kappa shape index (κ2) is 5.11. The molecular weight excluding hydrogens is 280 g/mol. The lowest BCUT2D eigenvalue weighted by Crippen LogP contribution is -2.42. The molecule has 19 heavy (non-hydrogen) atoms. The van der Waals surface area contributed by atoms with E-state index in [0.717, 1.165) is 22.4 Å². The van der Waals surface area contributed by atoms with Crippen LogP contribution >= 0.6 is 23.1 Å². The van der Waals surface area contributed by atoms with Gasteiger partial charge in [-0.2, -0.15) is 11.8 Å². The normalized spacial score (nSPS) is 22.8. The average Bonchev–Trinajstić information content (AvgIpc) is 3.02. The number of thioether (sulfide) groups is 1. The van der Waals surface area contributed by atoms with Gasteiger partial charge in [-0.15, -0.1) is 11.3 Å². The summed E-state index contributed by atoms with van der Waals surface area (Å²) in [4.78, 5) is 16.3. The third kappa shape index (κ3) is 2.75. The SMILES string of the molecule is O=C(NCC1(O)CCSC1)c1nc2ccccc2s1. The number of rotatable bonds is 3. The van der Waals surface area contributed by atoms with E-state index in [2.05, 4.69) is 10.3 Å². The fourth-order valence-electron chi connectivity index (χ4n) is 2.03. The third-order valence-corrected chi connectivity index (χ3v) is 5.42. The smallest absolute Gasteiger partial charge is 0.280 e. The van der Waals surface area contributed by atoms with Crippen LogP contribution in [0.15, 0.2) is 24.3 Å². The molecule has 0 aliphatic carbocycles. The summed E-state index contributed by atoms with van der Waals surface area (Å²) in [5.74, 6) is 1.44. The molecule has 1 unspecified atom stereocenters. The number of hydrogen-bond donors (Lipinski definition) is 2. The molecule has 0 spiro atoms. The molecule has 1 atom stereocenters. The van der Waals surface area contributed by atoms with E-state index >= 15 is 0 Å². The van der Waals surface area contributed by atoms with Crippen LogP contribution in [0.4, 0.5) is 0 Å². The predicted molar refractivity (Wildman–Crippen MR) is 78.8 cm³/mol. The average molecular weight is 294 g/mol. The highest BCUT2D eigenvalue weighted by atomic mass is 32.2. The van der Waals surface area contributed by atoms with Crippen LogP contribution in [-0.4, -0.2) is 39.6 Å². The second-order valence-corrected chi connectivity index (χ2v) is 6.83. The van der Waals surface area contributed by atoms with E-state index in [1.807, 2.05) is 24.3 Å². The standard InChI is InChI=1S/C13H14N2O2S2/c16-11(14-7-13(17)5-6-18-8-13)12-15-9-3-1-2-4-10(9)19-12/h1-4,17H,5-8H2,(H,14,16). The van der Waals surface area contributed by atoms with Gasteiger partial charge in [0.2, 0.25) is 0 Å². The summed E-state index contributed by atoms with van der Waals surface area (Å²) in [5.41, 5.74) is 0.0876. The monoisotopic (exact) mass is 294 g/mol. The van der Waals surface area contributed by atoms with Crippen molar-refractivity contribution in [3.05, 3.63) is 29.3 Å². The first kappa shape index (κ1) is 12.9. The summed E-state index contributed by atoms with van der Waals surface area (Å²) < 4.78 is 1.00. The van der Waals surface area contributed by atoms with Crippen LogP contribution in [0.25, 0.3) is 10.2 Å². The fraction of sp³-hybridized carbons (Fsp3) is 0.385. The molecule has 0 bridgehead atoms. The highest BCUT2D eigenvalue weighted by molar-refractivity contribution is 7.99. The fourth-order valence-corrected chi connectivity index (χ4v) is 4.20. The number of thiazole rings is 1. The summed E-state index contributed by atoms with van der Waals surface area (Å²) in [5, 5.41) is 13.4. The maximum absolute atomic E-state index is 12.0. The Morgan fingerprint density at radius 3 is 3.05 bits per heavy atom. The number of amides is 1. The first-order chi connectivity index (χ1) is 9.16. The molecule has 1 aliphatic heterocycles. The molecule has 1 amide bonds. The largest absolute Gasteiger partial charge is 0.387 e. The van der Waals surface area contributed by atoms with Gasteiger partial charge in [0.1, 0.15) is 0 Å². The maximum atomic E-state index is 12.0. The van der Waals surface area contributed by atoms with E-state index in [1.165, 1.54) is 11.3 Å². The lowest BCUT2D eigenvalue weighted by Gasteiger charge is -2.20. The summed E-state index contributed by atoms with van der Waals surface area (Å²) >= 11 is 3.09. The van der Waals surface area contributed by atoms with Crippen LogP contribution in [0.2, 0.25) is 0 Å². The quantitative estimate of drug-likeness (QED) is 0.907. The zero-order chi connectivity index (χ0) is 13.3. The molecular formula is C13H14N2O2S2. The molecule has 1 fully saturated rings. The van der Waals surface area contributed by atoms with Crippen LogP contribution < -0.4 is 5.32 Å². The number of fused-ring (bicyclic) bond motifs is 1. The van der Waals surface area contributed by atoms with E-state index in [4.69, 9.17) is 0 Å². The molecule has 0 saturated carbocycles. The molecule has 1 aromatic carbocycles. The highest BCUT2D eigenvalue weighted by Gasteiger charge is 2.32.